The van der Waals surface area contributed by atoms with Crippen LogP contribution >= 0.6 is 0 Å². The molecule has 1 unspecified atom stereocenters. The lowest BCUT2D eigenvalue weighted by atomic mass is 9.98. The fourth-order valence-electron chi connectivity index (χ4n) is 3.85. The zero-order valence-electron chi connectivity index (χ0n) is 17.1. The Labute approximate surface area is 173 Å². The molecule has 3 rings (SSSR count). The Balaban J connectivity index is 1.40. The van der Waals surface area contributed by atoms with E-state index >= 15 is 0 Å². The maximum atomic E-state index is 12.3. The molecular formula is C20H32N4O4S. The molecule has 29 heavy (non-hydrogen) atoms. The lowest BCUT2D eigenvalue weighted by Crippen LogP contribution is -2.41. The third-order valence-corrected chi connectivity index (χ3v) is 6.11. The van der Waals surface area contributed by atoms with Gasteiger partial charge in [-0.15, -0.1) is 0 Å². The number of nitrogens with zero attached hydrogens (tertiary/aromatic N) is 2. The third-order valence-electron chi connectivity index (χ3n) is 5.42. The van der Waals surface area contributed by atoms with Crippen molar-refractivity contribution in [2.24, 2.45) is 5.92 Å². The molecule has 162 valence electrons. The van der Waals surface area contributed by atoms with Crippen molar-refractivity contribution in [2.45, 2.75) is 19.3 Å². The second-order valence-corrected chi connectivity index (χ2v) is 9.71. The van der Waals surface area contributed by atoms with Crippen molar-refractivity contribution in [3.63, 3.8) is 0 Å². The van der Waals surface area contributed by atoms with E-state index in [9.17, 15) is 13.2 Å². The van der Waals surface area contributed by atoms with Gasteiger partial charge in [0.25, 0.3) is 0 Å². The average molecular weight is 425 g/mol. The molecular weight excluding hydrogens is 392 g/mol. The molecule has 2 fully saturated rings. The zero-order valence-corrected chi connectivity index (χ0v) is 17.9. The first kappa shape index (κ1) is 22.0. The van der Waals surface area contributed by atoms with Gasteiger partial charge in [0.2, 0.25) is 15.9 Å². The highest BCUT2D eigenvalue weighted by atomic mass is 32.2. The Bertz CT molecular complexity index is 763. The monoisotopic (exact) mass is 424 g/mol. The number of sulfonamides is 1. The number of rotatable bonds is 8. The van der Waals surface area contributed by atoms with E-state index in [1.54, 1.807) is 0 Å². The van der Waals surface area contributed by atoms with E-state index in [2.05, 4.69) is 19.8 Å². The number of anilines is 2. The summed E-state index contributed by atoms with van der Waals surface area (Å²) in [6.07, 6.45) is 3.66. The predicted molar refractivity (Wildman–Crippen MR) is 115 cm³/mol. The number of hydrogen-bond acceptors (Lipinski definition) is 6. The quantitative estimate of drug-likeness (QED) is 0.650. The first-order valence-electron chi connectivity index (χ1n) is 10.3. The topological polar surface area (TPSA) is 91.0 Å². The van der Waals surface area contributed by atoms with Gasteiger partial charge in [-0.25, -0.2) is 13.1 Å². The van der Waals surface area contributed by atoms with Gasteiger partial charge in [-0.05, 0) is 49.6 Å². The Kier molecular flexibility index (Phi) is 7.88. The van der Waals surface area contributed by atoms with Gasteiger partial charge < -0.3 is 19.9 Å². The van der Waals surface area contributed by atoms with E-state index in [1.807, 2.05) is 24.3 Å². The number of hydrogen-bond donors (Lipinski definition) is 2. The summed E-state index contributed by atoms with van der Waals surface area (Å²) in [7, 11) is -3.15. The summed E-state index contributed by atoms with van der Waals surface area (Å²) < 4.78 is 30.5. The molecule has 1 aromatic rings. The Morgan fingerprint density at radius 3 is 2.59 bits per heavy atom. The lowest BCUT2D eigenvalue weighted by Gasteiger charge is -2.32. The molecule has 1 amide bonds. The van der Waals surface area contributed by atoms with E-state index in [0.29, 0.717) is 25.4 Å². The van der Waals surface area contributed by atoms with Gasteiger partial charge in [-0.3, -0.25) is 4.79 Å². The molecule has 0 saturated carbocycles. The first-order chi connectivity index (χ1) is 13.9. The molecule has 0 spiro atoms. The number of carbonyl (C=O) groups excluding carboxylic acids is 1. The fourth-order valence-corrected chi connectivity index (χ4v) is 4.39. The smallest absolute Gasteiger partial charge is 0.225 e. The number of ether oxygens (including phenoxy) is 1. The van der Waals surface area contributed by atoms with Crippen molar-refractivity contribution < 1.29 is 17.9 Å². The van der Waals surface area contributed by atoms with E-state index in [-0.39, 0.29) is 5.91 Å². The second-order valence-electron chi connectivity index (χ2n) is 7.87. The number of morpholine rings is 1. The predicted octanol–water partition coefficient (Wildman–Crippen LogP) is 1.11. The number of piperidine rings is 1. The van der Waals surface area contributed by atoms with Crippen molar-refractivity contribution in [1.82, 2.24) is 9.62 Å². The van der Waals surface area contributed by atoms with Crippen LogP contribution in [0.25, 0.3) is 0 Å². The normalized spacial score (nSPS) is 21.1. The van der Waals surface area contributed by atoms with E-state index in [0.717, 1.165) is 63.6 Å². The highest BCUT2D eigenvalue weighted by Crippen LogP contribution is 2.20. The minimum absolute atomic E-state index is 0.000469. The maximum Gasteiger partial charge on any atom is 0.225 e. The van der Waals surface area contributed by atoms with Crippen LogP contribution in [0.4, 0.5) is 11.4 Å². The van der Waals surface area contributed by atoms with Crippen LogP contribution in [0.2, 0.25) is 0 Å². The largest absolute Gasteiger partial charge is 0.378 e. The molecule has 0 aromatic heterocycles. The molecule has 0 radical (unpaired) electrons. The summed E-state index contributed by atoms with van der Waals surface area (Å²) in [4.78, 5) is 16.9. The number of carbonyl (C=O) groups is 1. The Morgan fingerprint density at radius 1 is 1.17 bits per heavy atom. The summed E-state index contributed by atoms with van der Waals surface area (Å²) in [6, 6.07) is 7.95. The van der Waals surface area contributed by atoms with Gasteiger partial charge in [0.05, 0.1) is 19.5 Å². The lowest BCUT2D eigenvalue weighted by molar-refractivity contribution is -0.116. The van der Waals surface area contributed by atoms with Crippen LogP contribution in [0.1, 0.15) is 19.3 Å². The van der Waals surface area contributed by atoms with Gasteiger partial charge in [-0.2, -0.15) is 0 Å². The summed E-state index contributed by atoms with van der Waals surface area (Å²) in [6.45, 7) is 6.22. The van der Waals surface area contributed by atoms with E-state index < -0.39 is 10.0 Å². The summed E-state index contributed by atoms with van der Waals surface area (Å²) in [5.74, 6) is 0.301. The van der Waals surface area contributed by atoms with E-state index in [1.165, 1.54) is 6.26 Å². The minimum Gasteiger partial charge on any atom is -0.378 e. The molecule has 2 N–H and O–H groups in total. The molecule has 8 nitrogen and oxygen atoms in total. The Morgan fingerprint density at radius 2 is 1.90 bits per heavy atom. The van der Waals surface area contributed by atoms with E-state index in [4.69, 9.17) is 4.74 Å². The second kappa shape index (κ2) is 10.4. The number of benzene rings is 1. The van der Waals surface area contributed by atoms with Gasteiger partial charge >= 0.3 is 0 Å². The minimum atomic E-state index is -3.15. The average Bonchev–Trinajstić information content (AvgIpc) is 2.72. The van der Waals surface area contributed by atoms with Crippen molar-refractivity contribution in [2.75, 3.05) is 69.0 Å². The number of nitrogens with one attached hydrogen (secondary N) is 2. The van der Waals surface area contributed by atoms with Crippen LogP contribution in [-0.2, 0) is 19.6 Å². The van der Waals surface area contributed by atoms with Gasteiger partial charge in [-0.1, -0.05) is 0 Å². The number of likely N-dealkylation sites (tertiary alicyclic amines) is 1. The van der Waals surface area contributed by atoms with Crippen molar-refractivity contribution in [1.29, 1.82) is 0 Å². The molecule has 2 aliphatic heterocycles. The van der Waals surface area contributed by atoms with Crippen LogP contribution in [0.3, 0.4) is 0 Å². The van der Waals surface area contributed by atoms with Crippen LogP contribution in [0.15, 0.2) is 24.3 Å². The maximum absolute atomic E-state index is 12.3. The third kappa shape index (κ3) is 7.58. The van der Waals surface area contributed by atoms with Crippen molar-refractivity contribution in [3.05, 3.63) is 24.3 Å². The molecule has 1 aromatic carbocycles. The highest BCUT2D eigenvalue weighted by Gasteiger charge is 2.21. The standard InChI is InChI=1S/C20H32N4O4S/c1-29(26,27)21-15-17-3-2-9-23(16-17)10-8-20(25)22-18-4-6-19(7-5-18)24-11-13-28-14-12-24/h4-7,17,21H,2-3,8-16H2,1H3,(H,22,25). The molecule has 2 aliphatic rings. The van der Waals surface area contributed by atoms with Gasteiger partial charge in [0, 0.05) is 50.5 Å². The summed E-state index contributed by atoms with van der Waals surface area (Å²) >= 11 is 0. The van der Waals surface area contributed by atoms with Gasteiger partial charge in [0.1, 0.15) is 0 Å². The SMILES string of the molecule is CS(=O)(=O)NCC1CCCN(CCC(=O)Nc2ccc(N3CCOCC3)cc2)C1. The molecule has 0 aliphatic carbocycles. The van der Waals surface area contributed by atoms with Crippen LogP contribution < -0.4 is 14.9 Å². The van der Waals surface area contributed by atoms with Crippen LogP contribution in [0.5, 0.6) is 0 Å². The fraction of sp³-hybridized carbons (Fsp3) is 0.650. The van der Waals surface area contributed by atoms with Gasteiger partial charge in [0.15, 0.2) is 0 Å². The highest BCUT2D eigenvalue weighted by molar-refractivity contribution is 7.88. The number of amides is 1. The Hall–Kier alpha value is -1.68. The molecule has 0 bridgehead atoms. The molecule has 2 heterocycles. The van der Waals surface area contributed by atoms with Crippen molar-refractivity contribution in [3.8, 4) is 0 Å². The molecule has 9 heteroatoms. The molecule has 2 saturated heterocycles. The van der Waals surface area contributed by atoms with Crippen molar-refractivity contribution >= 4 is 27.3 Å². The van der Waals surface area contributed by atoms with Crippen LogP contribution in [-0.4, -0.2) is 78.0 Å². The first-order valence-corrected chi connectivity index (χ1v) is 12.2. The summed E-state index contributed by atoms with van der Waals surface area (Å²) in [5.41, 5.74) is 1.95. The molecule has 1 atom stereocenters. The summed E-state index contributed by atoms with van der Waals surface area (Å²) in [5, 5.41) is 2.97. The van der Waals surface area contributed by atoms with Crippen LogP contribution in [0, 0.1) is 5.92 Å². The zero-order chi connectivity index (χ0) is 20.7.